The zero-order valence-corrected chi connectivity index (χ0v) is 16.9. The lowest BCUT2D eigenvalue weighted by molar-refractivity contribution is 0.186. The molecule has 1 aromatic carbocycles. The summed E-state index contributed by atoms with van der Waals surface area (Å²) in [5.74, 6) is -0.176. The number of anilines is 2. The Kier molecular flexibility index (Phi) is 4.75. The Balaban J connectivity index is 1.29. The minimum Gasteiger partial charge on any atom is -0.398 e. The average Bonchev–Trinajstić information content (AvgIpc) is 3.41. The van der Waals surface area contributed by atoms with E-state index in [-0.39, 0.29) is 5.56 Å². The highest BCUT2D eigenvalue weighted by Gasteiger charge is 2.32. The lowest BCUT2D eigenvalue weighted by atomic mass is 9.99. The topological polar surface area (TPSA) is 78.2 Å². The summed E-state index contributed by atoms with van der Waals surface area (Å²) in [6.45, 7) is 4.09. The summed E-state index contributed by atoms with van der Waals surface area (Å²) in [5.41, 5.74) is 6.96. The number of hydrogen-bond acceptors (Lipinski definition) is 6. The van der Waals surface area contributed by atoms with E-state index in [9.17, 15) is 9.18 Å². The summed E-state index contributed by atoms with van der Waals surface area (Å²) in [7, 11) is 0. The number of hydrogen-bond donors (Lipinski definition) is 2. The molecular weight excluding hydrogens is 389 g/mol. The fourth-order valence-electron chi connectivity index (χ4n) is 4.82. The van der Waals surface area contributed by atoms with E-state index in [1.54, 1.807) is 11.3 Å². The van der Waals surface area contributed by atoms with E-state index in [0.29, 0.717) is 28.4 Å². The van der Waals surface area contributed by atoms with Crippen LogP contribution in [0.15, 0.2) is 34.6 Å². The SMILES string of the molecule is Nc1cc(F)cc2c(=O)[nH]c([C@@H]3CCC(N4CCN(c5nccs5)CC4)C3)cc12. The molecule has 6 nitrogen and oxygen atoms in total. The van der Waals surface area contributed by atoms with Gasteiger partial charge in [-0.1, -0.05) is 0 Å². The zero-order chi connectivity index (χ0) is 20.0. The molecule has 1 saturated heterocycles. The maximum Gasteiger partial charge on any atom is 0.256 e. The summed E-state index contributed by atoms with van der Waals surface area (Å²) in [4.78, 5) is 24.8. The lowest BCUT2D eigenvalue weighted by Gasteiger charge is -2.38. The molecule has 1 aliphatic carbocycles. The van der Waals surface area contributed by atoms with Crippen LogP contribution in [0.3, 0.4) is 0 Å². The molecule has 3 aromatic rings. The number of piperazine rings is 1. The molecular formula is C21H24FN5OS. The molecule has 152 valence electrons. The number of benzene rings is 1. The molecule has 3 N–H and O–H groups in total. The second kappa shape index (κ2) is 7.42. The van der Waals surface area contributed by atoms with Gasteiger partial charge in [0.25, 0.3) is 5.56 Å². The number of nitrogens with one attached hydrogen (secondary N) is 1. The molecule has 0 spiro atoms. The third kappa shape index (κ3) is 3.51. The number of aromatic nitrogens is 2. The summed E-state index contributed by atoms with van der Waals surface area (Å²) in [6.07, 6.45) is 5.06. The van der Waals surface area contributed by atoms with E-state index < -0.39 is 5.82 Å². The quantitative estimate of drug-likeness (QED) is 0.645. The van der Waals surface area contributed by atoms with Crippen LogP contribution in [0.4, 0.5) is 15.2 Å². The molecule has 0 radical (unpaired) electrons. The Morgan fingerprint density at radius 1 is 1.14 bits per heavy atom. The second-order valence-electron chi connectivity index (χ2n) is 8.01. The van der Waals surface area contributed by atoms with E-state index in [4.69, 9.17) is 5.73 Å². The lowest BCUT2D eigenvalue weighted by Crippen LogP contribution is -2.49. The Labute approximate surface area is 172 Å². The van der Waals surface area contributed by atoms with Gasteiger partial charge >= 0.3 is 0 Å². The van der Waals surface area contributed by atoms with Crippen LogP contribution >= 0.6 is 11.3 Å². The number of aromatic amines is 1. The van der Waals surface area contributed by atoms with Crippen LogP contribution in [-0.2, 0) is 0 Å². The van der Waals surface area contributed by atoms with Crippen molar-refractivity contribution in [3.8, 4) is 0 Å². The van der Waals surface area contributed by atoms with E-state index in [1.807, 2.05) is 17.6 Å². The van der Waals surface area contributed by atoms with Gasteiger partial charge in [-0.25, -0.2) is 9.37 Å². The van der Waals surface area contributed by atoms with Crippen LogP contribution in [0.2, 0.25) is 0 Å². The number of thiazole rings is 1. The number of H-pyrrole nitrogens is 1. The van der Waals surface area contributed by atoms with Gasteiger partial charge in [-0.05, 0) is 37.5 Å². The Hall–Kier alpha value is -2.45. The van der Waals surface area contributed by atoms with E-state index in [1.165, 1.54) is 12.1 Å². The first-order chi connectivity index (χ1) is 14.1. The summed E-state index contributed by atoms with van der Waals surface area (Å²) < 4.78 is 13.6. The maximum absolute atomic E-state index is 13.6. The third-order valence-corrected chi connectivity index (χ3v) is 7.18. The highest BCUT2D eigenvalue weighted by atomic mass is 32.1. The van der Waals surface area contributed by atoms with Crippen LogP contribution < -0.4 is 16.2 Å². The smallest absolute Gasteiger partial charge is 0.256 e. The van der Waals surface area contributed by atoms with Crippen molar-refractivity contribution in [2.45, 2.75) is 31.2 Å². The first-order valence-electron chi connectivity index (χ1n) is 10.1. The van der Waals surface area contributed by atoms with Gasteiger partial charge in [0.2, 0.25) is 0 Å². The highest BCUT2D eigenvalue weighted by molar-refractivity contribution is 7.13. The fraction of sp³-hybridized carbons (Fsp3) is 0.429. The monoisotopic (exact) mass is 413 g/mol. The standard InChI is InChI=1S/C21H24FN5OS/c22-14-10-17-16(18(23)11-14)12-19(25-20(17)28)13-1-2-15(9-13)26-4-6-27(7-5-26)21-24-3-8-29-21/h3,8,10-13,15H,1-2,4-7,9,23H2,(H,25,28)/t13-,15?/m1/s1. The van der Waals surface area contributed by atoms with Crippen molar-refractivity contribution < 1.29 is 4.39 Å². The molecule has 8 heteroatoms. The van der Waals surface area contributed by atoms with Gasteiger partial charge < -0.3 is 15.6 Å². The number of pyridine rings is 1. The van der Waals surface area contributed by atoms with Crippen LogP contribution in [0, 0.1) is 5.82 Å². The van der Waals surface area contributed by atoms with Crippen LogP contribution in [0.25, 0.3) is 10.8 Å². The van der Waals surface area contributed by atoms with Gasteiger partial charge in [-0.15, -0.1) is 11.3 Å². The van der Waals surface area contributed by atoms with Crippen molar-refractivity contribution >= 4 is 32.9 Å². The van der Waals surface area contributed by atoms with Crippen molar-refractivity contribution in [2.24, 2.45) is 0 Å². The van der Waals surface area contributed by atoms with Gasteiger partial charge in [0.15, 0.2) is 5.13 Å². The summed E-state index contributed by atoms with van der Waals surface area (Å²) in [6, 6.07) is 5.01. The van der Waals surface area contributed by atoms with Crippen LogP contribution in [-0.4, -0.2) is 47.1 Å². The van der Waals surface area contributed by atoms with Gasteiger partial charge in [-0.2, -0.15) is 0 Å². The number of fused-ring (bicyclic) bond motifs is 1. The number of nitrogen functional groups attached to an aromatic ring is 1. The normalized spacial score (nSPS) is 23.1. The van der Waals surface area contributed by atoms with Gasteiger partial charge in [0, 0.05) is 66.5 Å². The first kappa shape index (κ1) is 18.6. The molecule has 2 aromatic heterocycles. The Bertz CT molecular complexity index is 1070. The number of rotatable bonds is 3. The van der Waals surface area contributed by atoms with E-state index in [0.717, 1.165) is 56.3 Å². The molecule has 2 aliphatic rings. The van der Waals surface area contributed by atoms with Gasteiger partial charge in [0.1, 0.15) is 5.82 Å². The van der Waals surface area contributed by atoms with E-state index in [2.05, 4.69) is 19.8 Å². The molecule has 1 saturated carbocycles. The molecule has 29 heavy (non-hydrogen) atoms. The zero-order valence-electron chi connectivity index (χ0n) is 16.1. The number of nitrogens with two attached hydrogens (primary N) is 1. The van der Waals surface area contributed by atoms with Crippen molar-refractivity contribution in [3.63, 3.8) is 0 Å². The van der Waals surface area contributed by atoms with Crippen LogP contribution in [0.5, 0.6) is 0 Å². The predicted molar refractivity (Wildman–Crippen MR) is 115 cm³/mol. The van der Waals surface area contributed by atoms with Crippen LogP contribution in [0.1, 0.15) is 30.9 Å². The number of nitrogens with zero attached hydrogens (tertiary/aromatic N) is 3. The summed E-state index contributed by atoms with van der Waals surface area (Å²) in [5, 5.41) is 4.09. The fourth-order valence-corrected chi connectivity index (χ4v) is 5.52. The predicted octanol–water partition coefficient (Wildman–Crippen LogP) is 3.16. The Morgan fingerprint density at radius 2 is 1.97 bits per heavy atom. The Morgan fingerprint density at radius 3 is 2.72 bits per heavy atom. The molecule has 0 amide bonds. The largest absolute Gasteiger partial charge is 0.398 e. The van der Waals surface area contributed by atoms with Crippen molar-refractivity contribution in [2.75, 3.05) is 36.8 Å². The van der Waals surface area contributed by atoms with Crippen molar-refractivity contribution in [1.82, 2.24) is 14.9 Å². The first-order valence-corrected chi connectivity index (χ1v) is 11.0. The van der Waals surface area contributed by atoms with Crippen molar-refractivity contribution in [3.05, 3.63) is 51.6 Å². The minimum atomic E-state index is -0.480. The maximum atomic E-state index is 13.6. The molecule has 5 rings (SSSR count). The third-order valence-electron chi connectivity index (χ3n) is 6.34. The van der Waals surface area contributed by atoms with E-state index >= 15 is 0 Å². The van der Waals surface area contributed by atoms with Crippen molar-refractivity contribution in [1.29, 1.82) is 0 Å². The molecule has 2 atom stereocenters. The molecule has 1 unspecified atom stereocenters. The number of halogens is 1. The summed E-state index contributed by atoms with van der Waals surface area (Å²) >= 11 is 1.69. The molecule has 0 bridgehead atoms. The van der Waals surface area contributed by atoms with Gasteiger partial charge in [-0.3, -0.25) is 9.69 Å². The minimum absolute atomic E-state index is 0.260. The average molecular weight is 414 g/mol. The highest BCUT2D eigenvalue weighted by Crippen LogP contribution is 2.37. The van der Waals surface area contributed by atoms with Gasteiger partial charge in [0.05, 0.1) is 5.39 Å². The molecule has 2 fully saturated rings. The molecule has 1 aliphatic heterocycles. The second-order valence-corrected chi connectivity index (χ2v) is 8.88. The molecule has 3 heterocycles.